The van der Waals surface area contributed by atoms with Crippen molar-refractivity contribution in [3.63, 3.8) is 0 Å². The van der Waals surface area contributed by atoms with E-state index in [0.29, 0.717) is 0 Å². The molecular weight excluding hydrogens is 210 g/mol. The highest BCUT2D eigenvalue weighted by Crippen LogP contribution is 2.35. The molecule has 1 N–H and O–H groups in total. The molecule has 2 aliphatic rings. The molecule has 2 nitrogen and oxygen atoms in total. The van der Waals surface area contributed by atoms with Gasteiger partial charge in [0.15, 0.2) is 0 Å². The minimum absolute atomic E-state index is 0.263. The maximum absolute atomic E-state index is 9.10. The Kier molecular flexibility index (Phi) is 3.06. The number of fused-ring (bicyclic) bond motifs is 1. The standard InChI is InChI=1S/C15H21NO/c17-10-8-13-5-2-6-15-14(13)7-9-16(15)11-12-3-1-4-12/h2,5-6,12,17H,1,3-4,7-11H2. The minimum Gasteiger partial charge on any atom is -0.396 e. The van der Waals surface area contributed by atoms with E-state index >= 15 is 0 Å². The quantitative estimate of drug-likeness (QED) is 0.860. The van der Waals surface area contributed by atoms with Crippen molar-refractivity contribution in [1.29, 1.82) is 0 Å². The van der Waals surface area contributed by atoms with E-state index in [1.54, 1.807) is 0 Å². The summed E-state index contributed by atoms with van der Waals surface area (Å²) in [5, 5.41) is 9.10. The van der Waals surface area contributed by atoms with Crippen LogP contribution in [-0.4, -0.2) is 24.8 Å². The summed E-state index contributed by atoms with van der Waals surface area (Å²) in [5.41, 5.74) is 4.27. The third-order valence-corrected chi connectivity index (χ3v) is 4.31. The molecule has 3 rings (SSSR count). The Balaban J connectivity index is 1.78. The molecule has 2 heteroatoms. The summed E-state index contributed by atoms with van der Waals surface area (Å²) in [6.07, 6.45) is 6.24. The van der Waals surface area contributed by atoms with Crippen LogP contribution in [0.3, 0.4) is 0 Å². The van der Waals surface area contributed by atoms with Gasteiger partial charge in [-0.1, -0.05) is 18.6 Å². The van der Waals surface area contributed by atoms with E-state index in [4.69, 9.17) is 5.11 Å². The molecule has 1 fully saturated rings. The smallest absolute Gasteiger partial charge is 0.0471 e. The first-order valence-electron chi connectivity index (χ1n) is 6.85. The van der Waals surface area contributed by atoms with Gasteiger partial charge in [-0.15, -0.1) is 0 Å². The molecule has 1 aliphatic heterocycles. The van der Waals surface area contributed by atoms with Crippen LogP contribution in [0.1, 0.15) is 30.4 Å². The van der Waals surface area contributed by atoms with E-state index < -0.39 is 0 Å². The fraction of sp³-hybridized carbons (Fsp3) is 0.600. The summed E-state index contributed by atoms with van der Waals surface area (Å²) >= 11 is 0. The summed E-state index contributed by atoms with van der Waals surface area (Å²) in [7, 11) is 0. The Morgan fingerprint density at radius 2 is 2.18 bits per heavy atom. The lowest BCUT2D eigenvalue weighted by Gasteiger charge is -2.31. The van der Waals surface area contributed by atoms with Crippen molar-refractivity contribution in [2.24, 2.45) is 5.92 Å². The second-order valence-corrected chi connectivity index (χ2v) is 5.38. The molecule has 1 heterocycles. The number of aliphatic hydroxyl groups excluding tert-OH is 1. The third-order valence-electron chi connectivity index (χ3n) is 4.31. The van der Waals surface area contributed by atoms with E-state index in [0.717, 1.165) is 18.8 Å². The Bertz CT molecular complexity index is 398. The van der Waals surface area contributed by atoms with E-state index in [2.05, 4.69) is 23.1 Å². The first kappa shape index (κ1) is 11.1. The van der Waals surface area contributed by atoms with Crippen molar-refractivity contribution in [3.8, 4) is 0 Å². The first-order valence-corrected chi connectivity index (χ1v) is 6.85. The molecule has 1 saturated carbocycles. The average molecular weight is 231 g/mol. The number of anilines is 1. The molecule has 1 aromatic rings. The number of nitrogens with zero attached hydrogens (tertiary/aromatic N) is 1. The van der Waals surface area contributed by atoms with E-state index in [-0.39, 0.29) is 6.61 Å². The summed E-state index contributed by atoms with van der Waals surface area (Å²) < 4.78 is 0. The van der Waals surface area contributed by atoms with Gasteiger partial charge in [0, 0.05) is 25.4 Å². The zero-order valence-corrected chi connectivity index (χ0v) is 10.4. The predicted molar refractivity (Wildman–Crippen MR) is 70.5 cm³/mol. The first-order chi connectivity index (χ1) is 8.38. The van der Waals surface area contributed by atoms with Gasteiger partial charge in [-0.3, -0.25) is 0 Å². The second kappa shape index (κ2) is 4.69. The van der Waals surface area contributed by atoms with Gasteiger partial charge in [0.1, 0.15) is 0 Å². The SMILES string of the molecule is OCCc1cccc2c1CCN2CC1CCC1. The highest BCUT2D eigenvalue weighted by atomic mass is 16.2. The summed E-state index contributed by atoms with van der Waals surface area (Å²) in [6, 6.07) is 6.56. The van der Waals surface area contributed by atoms with E-state index in [9.17, 15) is 0 Å². The Hall–Kier alpha value is -1.02. The highest BCUT2D eigenvalue weighted by molar-refractivity contribution is 5.61. The molecule has 1 aliphatic carbocycles. The van der Waals surface area contributed by atoms with Crippen LogP contribution >= 0.6 is 0 Å². The molecule has 0 radical (unpaired) electrons. The molecule has 0 atom stereocenters. The molecule has 17 heavy (non-hydrogen) atoms. The molecule has 1 aromatic carbocycles. The maximum atomic E-state index is 9.10. The van der Waals surface area contributed by atoms with Crippen molar-refractivity contribution in [1.82, 2.24) is 0 Å². The van der Waals surface area contributed by atoms with Crippen molar-refractivity contribution in [2.45, 2.75) is 32.1 Å². The van der Waals surface area contributed by atoms with Crippen LogP contribution in [0.2, 0.25) is 0 Å². The fourth-order valence-electron chi connectivity index (χ4n) is 3.10. The Labute approximate surface area is 103 Å². The van der Waals surface area contributed by atoms with Crippen molar-refractivity contribution >= 4 is 5.69 Å². The van der Waals surface area contributed by atoms with Gasteiger partial charge >= 0.3 is 0 Å². The lowest BCUT2D eigenvalue weighted by Crippen LogP contribution is -2.31. The lowest BCUT2D eigenvalue weighted by atomic mass is 9.85. The van der Waals surface area contributed by atoms with Crippen LogP contribution in [0.25, 0.3) is 0 Å². The van der Waals surface area contributed by atoms with Gasteiger partial charge in [0.25, 0.3) is 0 Å². The Morgan fingerprint density at radius 3 is 2.88 bits per heavy atom. The van der Waals surface area contributed by atoms with Gasteiger partial charge < -0.3 is 10.0 Å². The summed E-state index contributed by atoms with van der Waals surface area (Å²) in [6.45, 7) is 2.68. The number of hydrogen-bond acceptors (Lipinski definition) is 2. The second-order valence-electron chi connectivity index (χ2n) is 5.38. The molecule has 0 bridgehead atoms. The molecular formula is C15H21NO. The zero-order chi connectivity index (χ0) is 11.7. The molecule has 0 unspecified atom stereocenters. The number of aliphatic hydroxyl groups is 1. The Morgan fingerprint density at radius 1 is 1.29 bits per heavy atom. The monoisotopic (exact) mass is 231 g/mol. The maximum Gasteiger partial charge on any atom is 0.0471 e. The third kappa shape index (κ3) is 2.06. The van der Waals surface area contributed by atoms with Crippen molar-refractivity contribution < 1.29 is 5.11 Å². The van der Waals surface area contributed by atoms with Crippen LogP contribution in [0.4, 0.5) is 5.69 Å². The molecule has 92 valence electrons. The number of rotatable bonds is 4. The van der Waals surface area contributed by atoms with Gasteiger partial charge in [-0.25, -0.2) is 0 Å². The van der Waals surface area contributed by atoms with Gasteiger partial charge in [0.2, 0.25) is 0 Å². The van der Waals surface area contributed by atoms with E-state index in [1.807, 2.05) is 0 Å². The highest BCUT2D eigenvalue weighted by Gasteiger charge is 2.26. The molecule has 0 saturated heterocycles. The van der Waals surface area contributed by atoms with Crippen LogP contribution in [0.5, 0.6) is 0 Å². The largest absolute Gasteiger partial charge is 0.396 e. The molecule has 0 aromatic heterocycles. The normalized spacial score (nSPS) is 19.2. The van der Waals surface area contributed by atoms with Gasteiger partial charge in [0.05, 0.1) is 0 Å². The minimum atomic E-state index is 0.263. The van der Waals surface area contributed by atoms with Crippen molar-refractivity contribution in [2.75, 3.05) is 24.6 Å². The molecule has 0 amide bonds. The van der Waals surface area contributed by atoms with Crippen molar-refractivity contribution in [3.05, 3.63) is 29.3 Å². The summed E-state index contributed by atoms with van der Waals surface area (Å²) in [5.74, 6) is 0.933. The summed E-state index contributed by atoms with van der Waals surface area (Å²) in [4.78, 5) is 2.56. The predicted octanol–water partition coefficient (Wildman–Crippen LogP) is 2.38. The van der Waals surface area contributed by atoms with Crippen LogP contribution in [0, 0.1) is 5.92 Å². The van der Waals surface area contributed by atoms with E-state index in [1.165, 1.54) is 49.2 Å². The van der Waals surface area contributed by atoms with Gasteiger partial charge in [-0.05, 0) is 48.8 Å². The van der Waals surface area contributed by atoms with Crippen LogP contribution in [0.15, 0.2) is 18.2 Å². The molecule has 0 spiro atoms. The van der Waals surface area contributed by atoms with Crippen LogP contribution in [-0.2, 0) is 12.8 Å². The fourth-order valence-corrected chi connectivity index (χ4v) is 3.10. The average Bonchev–Trinajstić information content (AvgIpc) is 2.68. The van der Waals surface area contributed by atoms with Crippen LogP contribution < -0.4 is 4.90 Å². The van der Waals surface area contributed by atoms with Gasteiger partial charge in [-0.2, -0.15) is 0 Å². The number of benzene rings is 1. The number of hydrogen-bond donors (Lipinski definition) is 1. The lowest BCUT2D eigenvalue weighted by molar-refractivity contribution is 0.299. The topological polar surface area (TPSA) is 23.5 Å². The zero-order valence-electron chi connectivity index (χ0n) is 10.4.